The van der Waals surface area contributed by atoms with Crippen LogP contribution in [0.25, 0.3) is 0 Å². The van der Waals surface area contributed by atoms with E-state index in [9.17, 15) is 0 Å². The predicted octanol–water partition coefficient (Wildman–Crippen LogP) is 1.87. The zero-order valence-corrected chi connectivity index (χ0v) is 11.3. The van der Waals surface area contributed by atoms with Crippen molar-refractivity contribution in [2.24, 2.45) is 0 Å². The first-order valence-corrected chi connectivity index (χ1v) is 6.65. The summed E-state index contributed by atoms with van der Waals surface area (Å²) in [5.41, 5.74) is 0. The van der Waals surface area contributed by atoms with Gasteiger partial charge in [0.2, 0.25) is 0 Å². The molecule has 0 aliphatic carbocycles. The van der Waals surface area contributed by atoms with Crippen molar-refractivity contribution in [2.75, 3.05) is 26.7 Å². The molecule has 1 aliphatic heterocycles. The Bertz CT molecular complexity index is 179. The van der Waals surface area contributed by atoms with E-state index in [1.807, 2.05) is 0 Å². The first-order chi connectivity index (χ1) is 7.59. The van der Waals surface area contributed by atoms with Gasteiger partial charge in [-0.05, 0) is 33.2 Å². The fraction of sp³-hybridized carbons (Fsp3) is 1.00. The van der Waals surface area contributed by atoms with Crippen LogP contribution in [0.15, 0.2) is 0 Å². The molecule has 0 aromatic heterocycles. The summed E-state index contributed by atoms with van der Waals surface area (Å²) in [6, 6.07) is 1.15. The molecule has 0 amide bonds. The van der Waals surface area contributed by atoms with Crippen molar-refractivity contribution < 1.29 is 4.74 Å². The van der Waals surface area contributed by atoms with Crippen LogP contribution in [-0.2, 0) is 4.74 Å². The van der Waals surface area contributed by atoms with Crippen LogP contribution in [0, 0.1) is 0 Å². The lowest BCUT2D eigenvalue weighted by atomic mass is 10.1. The summed E-state index contributed by atoms with van der Waals surface area (Å²) in [5.74, 6) is 0. The number of hydrogen-bond donors (Lipinski definition) is 1. The minimum Gasteiger partial charge on any atom is -0.377 e. The van der Waals surface area contributed by atoms with Gasteiger partial charge in [0.05, 0.1) is 6.10 Å². The third kappa shape index (κ3) is 5.28. The molecule has 1 saturated heterocycles. The molecule has 1 aliphatic rings. The summed E-state index contributed by atoms with van der Waals surface area (Å²) in [6.45, 7) is 9.74. The first kappa shape index (κ1) is 13.9. The van der Waals surface area contributed by atoms with E-state index in [-0.39, 0.29) is 0 Å². The quantitative estimate of drug-likeness (QED) is 0.751. The van der Waals surface area contributed by atoms with E-state index in [2.05, 4.69) is 38.0 Å². The Balaban J connectivity index is 2.19. The second-order valence-electron chi connectivity index (χ2n) is 5.34. The Labute approximate surface area is 101 Å². The van der Waals surface area contributed by atoms with E-state index >= 15 is 0 Å². The Morgan fingerprint density at radius 2 is 2.06 bits per heavy atom. The fourth-order valence-electron chi connectivity index (χ4n) is 2.01. The zero-order chi connectivity index (χ0) is 12.0. The van der Waals surface area contributed by atoms with Gasteiger partial charge in [-0.2, -0.15) is 0 Å². The van der Waals surface area contributed by atoms with Crippen molar-refractivity contribution in [2.45, 2.75) is 58.2 Å². The van der Waals surface area contributed by atoms with Crippen molar-refractivity contribution in [1.29, 1.82) is 0 Å². The lowest BCUT2D eigenvalue weighted by molar-refractivity contribution is -0.00696. The first-order valence-electron chi connectivity index (χ1n) is 6.65. The lowest BCUT2D eigenvalue weighted by Gasteiger charge is -2.31. The Hall–Kier alpha value is -0.120. The standard InChI is InChI=1S/C13H28N2O/c1-11(2)14-9-12(3)15(4)10-13-7-5-6-8-16-13/h11-14H,5-10H2,1-4H3. The van der Waals surface area contributed by atoms with Crippen LogP contribution in [0.1, 0.15) is 40.0 Å². The number of likely N-dealkylation sites (N-methyl/N-ethyl adjacent to an activating group) is 1. The topological polar surface area (TPSA) is 24.5 Å². The van der Waals surface area contributed by atoms with Crippen LogP contribution >= 0.6 is 0 Å². The molecule has 16 heavy (non-hydrogen) atoms. The molecule has 1 fully saturated rings. The van der Waals surface area contributed by atoms with Gasteiger partial charge in [-0.15, -0.1) is 0 Å². The van der Waals surface area contributed by atoms with Gasteiger partial charge in [0.15, 0.2) is 0 Å². The number of nitrogens with zero attached hydrogens (tertiary/aromatic N) is 1. The molecule has 0 aromatic carbocycles. The van der Waals surface area contributed by atoms with Crippen LogP contribution in [0.2, 0.25) is 0 Å². The van der Waals surface area contributed by atoms with Gasteiger partial charge in [-0.1, -0.05) is 13.8 Å². The molecule has 1 N–H and O–H groups in total. The summed E-state index contributed by atoms with van der Waals surface area (Å²) in [7, 11) is 2.20. The van der Waals surface area contributed by atoms with Crippen molar-refractivity contribution in [3.8, 4) is 0 Å². The van der Waals surface area contributed by atoms with E-state index in [1.165, 1.54) is 19.3 Å². The molecule has 0 radical (unpaired) electrons. The van der Waals surface area contributed by atoms with Crippen molar-refractivity contribution in [3.63, 3.8) is 0 Å². The number of nitrogens with one attached hydrogen (secondary N) is 1. The van der Waals surface area contributed by atoms with Crippen LogP contribution in [0.3, 0.4) is 0 Å². The Morgan fingerprint density at radius 1 is 1.31 bits per heavy atom. The third-order valence-corrected chi connectivity index (χ3v) is 3.34. The summed E-state index contributed by atoms with van der Waals surface area (Å²) in [5, 5.41) is 3.48. The summed E-state index contributed by atoms with van der Waals surface area (Å²) in [6.07, 6.45) is 4.26. The van der Waals surface area contributed by atoms with Gasteiger partial charge in [-0.25, -0.2) is 0 Å². The normalized spacial score (nSPS) is 24.0. The van der Waals surface area contributed by atoms with Gasteiger partial charge >= 0.3 is 0 Å². The highest BCUT2D eigenvalue weighted by Gasteiger charge is 2.18. The molecule has 96 valence electrons. The van der Waals surface area contributed by atoms with Gasteiger partial charge in [0.1, 0.15) is 0 Å². The Kier molecular flexibility index (Phi) is 6.32. The molecule has 1 rings (SSSR count). The molecule has 3 nitrogen and oxygen atoms in total. The second kappa shape index (κ2) is 7.25. The number of hydrogen-bond acceptors (Lipinski definition) is 3. The monoisotopic (exact) mass is 228 g/mol. The molecule has 2 unspecified atom stereocenters. The number of rotatable bonds is 6. The van der Waals surface area contributed by atoms with E-state index in [0.29, 0.717) is 18.2 Å². The highest BCUT2D eigenvalue weighted by molar-refractivity contribution is 4.73. The van der Waals surface area contributed by atoms with Crippen molar-refractivity contribution in [1.82, 2.24) is 10.2 Å². The molecule has 3 heteroatoms. The average molecular weight is 228 g/mol. The third-order valence-electron chi connectivity index (χ3n) is 3.34. The van der Waals surface area contributed by atoms with E-state index in [1.54, 1.807) is 0 Å². The maximum absolute atomic E-state index is 5.76. The minimum absolute atomic E-state index is 0.459. The maximum atomic E-state index is 5.76. The van der Waals surface area contributed by atoms with Gasteiger partial charge in [0, 0.05) is 31.8 Å². The SMILES string of the molecule is CC(C)NCC(C)N(C)CC1CCCCO1. The zero-order valence-electron chi connectivity index (χ0n) is 11.3. The molecule has 2 atom stereocenters. The smallest absolute Gasteiger partial charge is 0.0702 e. The second-order valence-corrected chi connectivity index (χ2v) is 5.34. The average Bonchev–Trinajstić information content (AvgIpc) is 2.27. The molecular weight excluding hydrogens is 200 g/mol. The van der Waals surface area contributed by atoms with Gasteiger partial charge in [-0.3, -0.25) is 4.90 Å². The lowest BCUT2D eigenvalue weighted by Crippen LogP contribution is -2.44. The molecule has 0 saturated carbocycles. The summed E-state index contributed by atoms with van der Waals surface area (Å²) < 4.78 is 5.76. The van der Waals surface area contributed by atoms with E-state index in [4.69, 9.17) is 4.74 Å². The largest absolute Gasteiger partial charge is 0.377 e. The van der Waals surface area contributed by atoms with Crippen LogP contribution in [0.4, 0.5) is 0 Å². The molecular formula is C13H28N2O. The highest BCUT2D eigenvalue weighted by Crippen LogP contribution is 2.14. The van der Waals surface area contributed by atoms with Crippen LogP contribution in [-0.4, -0.2) is 49.8 Å². The van der Waals surface area contributed by atoms with Gasteiger partial charge in [0.25, 0.3) is 0 Å². The van der Waals surface area contributed by atoms with Gasteiger partial charge < -0.3 is 10.1 Å². The fourth-order valence-corrected chi connectivity index (χ4v) is 2.01. The van der Waals surface area contributed by atoms with Crippen LogP contribution in [0.5, 0.6) is 0 Å². The summed E-state index contributed by atoms with van der Waals surface area (Å²) >= 11 is 0. The van der Waals surface area contributed by atoms with Crippen molar-refractivity contribution >= 4 is 0 Å². The number of ether oxygens (including phenoxy) is 1. The minimum atomic E-state index is 0.459. The molecule has 0 bridgehead atoms. The highest BCUT2D eigenvalue weighted by atomic mass is 16.5. The predicted molar refractivity (Wildman–Crippen MR) is 68.8 cm³/mol. The summed E-state index contributed by atoms with van der Waals surface area (Å²) in [4.78, 5) is 2.41. The van der Waals surface area contributed by atoms with Crippen molar-refractivity contribution in [3.05, 3.63) is 0 Å². The molecule has 1 heterocycles. The molecule has 0 aromatic rings. The molecule has 0 spiro atoms. The van der Waals surface area contributed by atoms with Crippen LogP contribution < -0.4 is 5.32 Å². The van der Waals surface area contributed by atoms with E-state index < -0.39 is 0 Å². The Morgan fingerprint density at radius 3 is 2.62 bits per heavy atom. The van der Waals surface area contributed by atoms with E-state index in [0.717, 1.165) is 19.7 Å². The maximum Gasteiger partial charge on any atom is 0.0702 e.